The second-order valence-electron chi connectivity index (χ2n) is 9.69. The van der Waals surface area contributed by atoms with Crippen LogP contribution in [0.15, 0.2) is 29.3 Å². The fraction of sp³-hybridized carbons (Fsp3) is 0.542. The lowest BCUT2D eigenvalue weighted by molar-refractivity contribution is 0.0585. The summed E-state index contributed by atoms with van der Waals surface area (Å²) in [6.45, 7) is 12.4. The number of tetrazole rings is 1. The lowest BCUT2D eigenvalue weighted by Gasteiger charge is -2.29. The third-order valence-electron chi connectivity index (χ3n) is 5.07. The minimum Gasteiger partial charge on any atom is -0.489 e. The highest BCUT2D eigenvalue weighted by Gasteiger charge is 2.28. The first-order valence-electron chi connectivity index (χ1n) is 11.6. The maximum absolute atomic E-state index is 13.7. The van der Waals surface area contributed by atoms with E-state index in [1.54, 1.807) is 50.6 Å². The molecule has 2 aromatic heterocycles. The summed E-state index contributed by atoms with van der Waals surface area (Å²) >= 11 is 0. The lowest BCUT2D eigenvalue weighted by Crippen LogP contribution is -2.38. The number of benzene rings is 1. The smallest absolute Gasteiger partial charge is 0.415 e. The first kappa shape index (κ1) is 25.2. The van der Waals surface area contributed by atoms with Crippen LogP contribution in [0.3, 0.4) is 0 Å². The summed E-state index contributed by atoms with van der Waals surface area (Å²) in [5.41, 5.74) is -0.230. The average Bonchev–Trinajstić information content (AvgIpc) is 3.29. The summed E-state index contributed by atoms with van der Waals surface area (Å²) < 4.78 is 15.0. The molecular weight excluding hydrogens is 436 g/mol. The van der Waals surface area contributed by atoms with Crippen LogP contribution < -0.4 is 15.2 Å². The standard InChI is InChI=1S/C24H34N6O4/c1-8-9-12-33-20-19-13-17(30-15-25-26-27-30)10-11-18(19)22(31)29(14-16(2)3)21(20)28(7)23(32)34-24(4,5)6/h10-11,13,15-16H,8-9,12,14H2,1-7H3. The van der Waals surface area contributed by atoms with E-state index in [0.717, 1.165) is 12.8 Å². The zero-order valence-corrected chi connectivity index (χ0v) is 21.0. The molecule has 3 rings (SSSR count). The second kappa shape index (κ2) is 10.2. The van der Waals surface area contributed by atoms with Gasteiger partial charge in [0.05, 0.1) is 17.7 Å². The number of amides is 1. The van der Waals surface area contributed by atoms with Crippen molar-refractivity contribution in [3.63, 3.8) is 0 Å². The molecule has 10 nitrogen and oxygen atoms in total. The van der Waals surface area contributed by atoms with Gasteiger partial charge in [0.15, 0.2) is 11.6 Å². The van der Waals surface area contributed by atoms with Gasteiger partial charge in [0.25, 0.3) is 5.56 Å². The number of anilines is 1. The highest BCUT2D eigenvalue weighted by molar-refractivity contribution is 5.97. The zero-order chi connectivity index (χ0) is 25.0. The van der Waals surface area contributed by atoms with Crippen molar-refractivity contribution in [1.29, 1.82) is 0 Å². The molecule has 0 bridgehead atoms. The largest absolute Gasteiger partial charge is 0.489 e. The molecule has 0 unspecified atom stereocenters. The van der Waals surface area contributed by atoms with Crippen molar-refractivity contribution in [1.82, 2.24) is 24.8 Å². The van der Waals surface area contributed by atoms with Gasteiger partial charge < -0.3 is 9.47 Å². The molecule has 0 fully saturated rings. The number of aromatic nitrogens is 5. The van der Waals surface area contributed by atoms with Crippen LogP contribution in [0.25, 0.3) is 16.5 Å². The summed E-state index contributed by atoms with van der Waals surface area (Å²) in [5, 5.41) is 12.4. The van der Waals surface area contributed by atoms with E-state index in [-0.39, 0.29) is 11.5 Å². The van der Waals surface area contributed by atoms with Crippen molar-refractivity contribution in [2.45, 2.75) is 66.5 Å². The molecule has 0 atom stereocenters. The van der Waals surface area contributed by atoms with E-state index in [4.69, 9.17) is 9.47 Å². The first-order valence-corrected chi connectivity index (χ1v) is 11.6. The predicted octanol–water partition coefficient (Wildman–Crippen LogP) is 4.18. The molecule has 0 aliphatic carbocycles. The number of carbonyl (C=O) groups is 1. The molecule has 3 aromatic rings. The minimum absolute atomic E-state index is 0.157. The summed E-state index contributed by atoms with van der Waals surface area (Å²) in [6, 6.07) is 5.34. The van der Waals surface area contributed by atoms with Gasteiger partial charge in [0.2, 0.25) is 0 Å². The molecule has 0 N–H and O–H groups in total. The van der Waals surface area contributed by atoms with Gasteiger partial charge in [-0.3, -0.25) is 14.3 Å². The summed E-state index contributed by atoms with van der Waals surface area (Å²) in [5.74, 6) is 0.974. The maximum Gasteiger partial charge on any atom is 0.415 e. The van der Waals surface area contributed by atoms with Crippen molar-refractivity contribution < 1.29 is 14.3 Å². The summed E-state index contributed by atoms with van der Waals surface area (Å²) in [7, 11) is 1.60. The third-order valence-corrected chi connectivity index (χ3v) is 5.07. The van der Waals surface area contributed by atoms with Gasteiger partial charge in [-0.15, -0.1) is 5.10 Å². The average molecular weight is 471 g/mol. The lowest BCUT2D eigenvalue weighted by atomic mass is 10.1. The number of carbonyl (C=O) groups excluding carboxylic acids is 1. The Balaban J connectivity index is 2.31. The van der Waals surface area contributed by atoms with Crippen LogP contribution in [0.4, 0.5) is 10.6 Å². The van der Waals surface area contributed by atoms with E-state index in [1.165, 1.54) is 15.9 Å². The molecule has 0 saturated heterocycles. The van der Waals surface area contributed by atoms with Gasteiger partial charge in [-0.2, -0.15) is 0 Å². The molecule has 0 aliphatic heterocycles. The molecule has 0 spiro atoms. The van der Waals surface area contributed by atoms with Crippen LogP contribution in [0.1, 0.15) is 54.4 Å². The number of unbranched alkanes of at least 4 members (excludes halogenated alkanes) is 1. The second-order valence-corrected chi connectivity index (χ2v) is 9.69. The van der Waals surface area contributed by atoms with E-state index in [0.29, 0.717) is 41.2 Å². The van der Waals surface area contributed by atoms with E-state index in [1.807, 2.05) is 13.8 Å². The molecule has 1 amide bonds. The Labute approximate surface area is 199 Å². The Morgan fingerprint density at radius 3 is 2.53 bits per heavy atom. The Bertz CT molecular complexity index is 1190. The number of rotatable bonds is 8. The molecule has 0 saturated carbocycles. The molecule has 2 heterocycles. The topological polar surface area (TPSA) is 104 Å². The van der Waals surface area contributed by atoms with Crippen LogP contribution in [-0.2, 0) is 11.3 Å². The molecule has 1 aromatic carbocycles. The SMILES string of the molecule is CCCCOc1c(N(C)C(=O)OC(C)(C)C)n(CC(C)C)c(=O)c2ccc(-n3cnnn3)cc12. The van der Waals surface area contributed by atoms with Crippen molar-refractivity contribution in [2.75, 3.05) is 18.6 Å². The van der Waals surface area contributed by atoms with Crippen LogP contribution in [0.5, 0.6) is 5.75 Å². The first-order chi connectivity index (χ1) is 16.0. The number of hydrogen-bond donors (Lipinski definition) is 0. The number of nitrogens with zero attached hydrogens (tertiary/aromatic N) is 6. The van der Waals surface area contributed by atoms with Crippen LogP contribution in [-0.4, -0.2) is 50.1 Å². The Morgan fingerprint density at radius 2 is 1.94 bits per heavy atom. The van der Waals surface area contributed by atoms with Gasteiger partial charge in [0.1, 0.15) is 11.9 Å². The van der Waals surface area contributed by atoms with Crippen LogP contribution >= 0.6 is 0 Å². The van der Waals surface area contributed by atoms with Crippen LogP contribution in [0.2, 0.25) is 0 Å². The molecule has 34 heavy (non-hydrogen) atoms. The fourth-order valence-electron chi connectivity index (χ4n) is 3.56. The highest BCUT2D eigenvalue weighted by Crippen LogP contribution is 2.36. The van der Waals surface area contributed by atoms with Gasteiger partial charge in [0, 0.05) is 19.0 Å². The third kappa shape index (κ3) is 5.55. The predicted molar refractivity (Wildman–Crippen MR) is 131 cm³/mol. The highest BCUT2D eigenvalue weighted by atomic mass is 16.6. The van der Waals surface area contributed by atoms with Crippen molar-refractivity contribution in [3.05, 3.63) is 34.9 Å². The number of hydrogen-bond acceptors (Lipinski definition) is 7. The monoisotopic (exact) mass is 470 g/mol. The Morgan fingerprint density at radius 1 is 1.21 bits per heavy atom. The van der Waals surface area contributed by atoms with Gasteiger partial charge in [-0.25, -0.2) is 9.48 Å². The molecule has 10 heteroatoms. The van der Waals surface area contributed by atoms with E-state index in [2.05, 4.69) is 22.4 Å². The Hall–Kier alpha value is -3.43. The number of ether oxygens (including phenoxy) is 2. The summed E-state index contributed by atoms with van der Waals surface area (Å²) in [4.78, 5) is 28.1. The quantitative estimate of drug-likeness (QED) is 0.455. The Kier molecular flexibility index (Phi) is 7.58. The van der Waals surface area contributed by atoms with E-state index in [9.17, 15) is 9.59 Å². The molecule has 0 aliphatic rings. The molecule has 184 valence electrons. The number of fused-ring (bicyclic) bond motifs is 1. The van der Waals surface area contributed by atoms with Crippen molar-refractivity contribution in [3.8, 4) is 11.4 Å². The van der Waals surface area contributed by atoms with E-state index >= 15 is 0 Å². The van der Waals surface area contributed by atoms with Crippen LogP contribution in [0, 0.1) is 5.92 Å². The normalized spacial score (nSPS) is 11.8. The minimum atomic E-state index is -0.693. The zero-order valence-electron chi connectivity index (χ0n) is 21.0. The molecular formula is C24H34N6O4. The summed E-state index contributed by atoms with van der Waals surface area (Å²) in [6.07, 6.45) is 2.68. The van der Waals surface area contributed by atoms with E-state index < -0.39 is 11.7 Å². The maximum atomic E-state index is 13.7. The van der Waals surface area contributed by atoms with Crippen molar-refractivity contribution >= 4 is 22.7 Å². The number of pyridine rings is 1. The van der Waals surface area contributed by atoms with Gasteiger partial charge >= 0.3 is 6.09 Å². The van der Waals surface area contributed by atoms with Crippen molar-refractivity contribution in [2.24, 2.45) is 5.92 Å². The fourth-order valence-corrected chi connectivity index (χ4v) is 3.56. The van der Waals surface area contributed by atoms with Gasteiger partial charge in [-0.05, 0) is 61.7 Å². The molecule has 0 radical (unpaired) electrons. The van der Waals surface area contributed by atoms with Gasteiger partial charge in [-0.1, -0.05) is 27.2 Å².